The summed E-state index contributed by atoms with van der Waals surface area (Å²) in [6.07, 6.45) is 1.14. The van der Waals surface area contributed by atoms with Gasteiger partial charge in [-0.1, -0.05) is 6.07 Å². The lowest BCUT2D eigenvalue weighted by atomic mass is 10.3. The third kappa shape index (κ3) is 4.82. The smallest absolute Gasteiger partial charge is 0.272 e. The lowest BCUT2D eigenvalue weighted by Crippen LogP contribution is -2.31. The zero-order valence-electron chi connectivity index (χ0n) is 9.55. The number of hydrogen-bond acceptors (Lipinski definition) is 4. The SMILES string of the molecule is CN(CCS(C)(=O)=O)C(=O)c1cccc(Br)n1. The van der Waals surface area contributed by atoms with E-state index < -0.39 is 9.84 Å². The Balaban J connectivity index is 2.70. The van der Waals surface area contributed by atoms with Crippen molar-refractivity contribution in [2.45, 2.75) is 0 Å². The topological polar surface area (TPSA) is 67.3 Å². The molecule has 94 valence electrons. The first-order chi connectivity index (χ1) is 7.79. The molecule has 0 unspecified atom stereocenters. The van der Waals surface area contributed by atoms with Crippen molar-refractivity contribution in [3.63, 3.8) is 0 Å². The fraction of sp³-hybridized carbons (Fsp3) is 0.400. The van der Waals surface area contributed by atoms with E-state index in [2.05, 4.69) is 20.9 Å². The summed E-state index contributed by atoms with van der Waals surface area (Å²) in [6, 6.07) is 5.01. The van der Waals surface area contributed by atoms with Crippen molar-refractivity contribution in [1.29, 1.82) is 0 Å². The quantitative estimate of drug-likeness (QED) is 0.775. The Morgan fingerprint density at radius 2 is 2.12 bits per heavy atom. The molecule has 1 rings (SSSR count). The second-order valence-corrected chi connectivity index (χ2v) is 6.77. The van der Waals surface area contributed by atoms with Gasteiger partial charge in [-0.25, -0.2) is 13.4 Å². The van der Waals surface area contributed by atoms with Crippen molar-refractivity contribution in [1.82, 2.24) is 9.88 Å². The van der Waals surface area contributed by atoms with Crippen LogP contribution >= 0.6 is 15.9 Å². The first-order valence-corrected chi connectivity index (χ1v) is 7.71. The molecule has 0 aliphatic rings. The fourth-order valence-electron chi connectivity index (χ4n) is 1.13. The molecule has 17 heavy (non-hydrogen) atoms. The van der Waals surface area contributed by atoms with Crippen LogP contribution in [0.4, 0.5) is 0 Å². The molecule has 1 aromatic heterocycles. The first kappa shape index (κ1) is 14.1. The highest BCUT2D eigenvalue weighted by Gasteiger charge is 2.14. The van der Waals surface area contributed by atoms with Crippen molar-refractivity contribution in [3.8, 4) is 0 Å². The monoisotopic (exact) mass is 320 g/mol. The number of nitrogens with zero attached hydrogens (tertiary/aromatic N) is 2. The van der Waals surface area contributed by atoms with Crippen molar-refractivity contribution >= 4 is 31.7 Å². The number of aromatic nitrogens is 1. The van der Waals surface area contributed by atoms with Gasteiger partial charge in [0.1, 0.15) is 20.1 Å². The van der Waals surface area contributed by atoms with Gasteiger partial charge in [-0.3, -0.25) is 4.79 Å². The number of hydrogen-bond donors (Lipinski definition) is 0. The predicted octanol–water partition coefficient (Wildman–Crippen LogP) is 0.961. The van der Waals surface area contributed by atoms with Crippen LogP contribution in [0.1, 0.15) is 10.5 Å². The van der Waals surface area contributed by atoms with Gasteiger partial charge in [0.15, 0.2) is 0 Å². The van der Waals surface area contributed by atoms with Gasteiger partial charge in [-0.05, 0) is 28.1 Å². The molecule has 0 bridgehead atoms. The summed E-state index contributed by atoms with van der Waals surface area (Å²) >= 11 is 3.17. The number of carbonyl (C=O) groups is 1. The minimum Gasteiger partial charge on any atom is -0.339 e. The van der Waals surface area contributed by atoms with Gasteiger partial charge >= 0.3 is 0 Å². The Kier molecular flexibility index (Phi) is 4.64. The molecule has 0 aliphatic carbocycles. The van der Waals surface area contributed by atoms with Gasteiger partial charge in [-0.2, -0.15) is 0 Å². The number of pyridine rings is 1. The highest BCUT2D eigenvalue weighted by Crippen LogP contribution is 2.08. The summed E-state index contributed by atoms with van der Waals surface area (Å²) in [5, 5.41) is 0. The fourth-order valence-corrected chi connectivity index (χ4v) is 2.08. The van der Waals surface area contributed by atoms with Gasteiger partial charge in [0.2, 0.25) is 0 Å². The van der Waals surface area contributed by atoms with Gasteiger partial charge in [0.05, 0.1) is 5.75 Å². The van der Waals surface area contributed by atoms with E-state index in [0.717, 1.165) is 6.26 Å². The van der Waals surface area contributed by atoms with E-state index in [4.69, 9.17) is 0 Å². The normalized spacial score (nSPS) is 11.2. The molecule has 0 saturated carbocycles. The van der Waals surface area contributed by atoms with E-state index in [9.17, 15) is 13.2 Å². The molecular formula is C10H13BrN2O3S. The summed E-state index contributed by atoms with van der Waals surface area (Å²) in [6.45, 7) is 0.159. The maximum atomic E-state index is 11.9. The van der Waals surface area contributed by atoms with E-state index in [1.165, 1.54) is 4.90 Å². The number of sulfone groups is 1. The van der Waals surface area contributed by atoms with Crippen molar-refractivity contribution in [2.24, 2.45) is 0 Å². The van der Waals surface area contributed by atoms with Crippen LogP contribution in [0.3, 0.4) is 0 Å². The van der Waals surface area contributed by atoms with Crippen LogP contribution in [0.2, 0.25) is 0 Å². The molecule has 1 aromatic rings. The molecule has 1 heterocycles. The molecule has 0 fully saturated rings. The van der Waals surface area contributed by atoms with Crippen LogP contribution in [0, 0.1) is 0 Å². The largest absolute Gasteiger partial charge is 0.339 e. The van der Waals surface area contributed by atoms with Gasteiger partial charge < -0.3 is 4.90 Å². The molecule has 0 atom stereocenters. The molecule has 1 amide bonds. The average molecular weight is 321 g/mol. The molecule has 0 radical (unpaired) electrons. The second-order valence-electron chi connectivity index (χ2n) is 3.70. The Morgan fingerprint density at radius 3 is 2.65 bits per heavy atom. The van der Waals surface area contributed by atoms with Crippen molar-refractivity contribution in [3.05, 3.63) is 28.5 Å². The minimum absolute atomic E-state index is 0.0523. The number of amides is 1. The molecule has 0 N–H and O–H groups in total. The Morgan fingerprint density at radius 1 is 1.47 bits per heavy atom. The van der Waals surface area contributed by atoms with Crippen LogP contribution in [0.25, 0.3) is 0 Å². The Labute approximate surface area is 109 Å². The molecule has 5 nitrogen and oxygen atoms in total. The van der Waals surface area contributed by atoms with Crippen LogP contribution in [-0.2, 0) is 9.84 Å². The van der Waals surface area contributed by atoms with Crippen LogP contribution in [0.15, 0.2) is 22.8 Å². The summed E-state index contributed by atoms with van der Waals surface area (Å²) in [5.74, 6) is -0.349. The van der Waals surface area contributed by atoms with Crippen LogP contribution < -0.4 is 0 Å². The van der Waals surface area contributed by atoms with Crippen LogP contribution in [0.5, 0.6) is 0 Å². The molecule has 7 heteroatoms. The third-order valence-electron chi connectivity index (χ3n) is 2.08. The molecular weight excluding hydrogens is 308 g/mol. The van der Waals surface area contributed by atoms with E-state index in [-0.39, 0.29) is 23.9 Å². The maximum absolute atomic E-state index is 11.9. The van der Waals surface area contributed by atoms with Crippen LogP contribution in [-0.4, -0.2) is 49.8 Å². The average Bonchev–Trinajstić information content (AvgIpc) is 2.24. The highest BCUT2D eigenvalue weighted by molar-refractivity contribution is 9.10. The standard InChI is InChI=1S/C10H13BrN2O3S/c1-13(6-7-17(2,15)16)10(14)8-4-3-5-9(11)12-8/h3-5H,6-7H2,1-2H3. The van der Waals surface area contributed by atoms with E-state index >= 15 is 0 Å². The zero-order valence-corrected chi connectivity index (χ0v) is 12.0. The van der Waals surface area contributed by atoms with E-state index in [1.54, 1.807) is 25.2 Å². The van der Waals surface area contributed by atoms with E-state index in [0.29, 0.717) is 4.60 Å². The maximum Gasteiger partial charge on any atom is 0.272 e. The first-order valence-electron chi connectivity index (χ1n) is 4.85. The number of rotatable bonds is 4. The summed E-state index contributed by atoms with van der Waals surface area (Å²) < 4.78 is 22.5. The lowest BCUT2D eigenvalue weighted by molar-refractivity contribution is 0.0797. The molecule has 0 aliphatic heterocycles. The van der Waals surface area contributed by atoms with Gasteiger partial charge in [0, 0.05) is 19.8 Å². The Hall–Kier alpha value is -0.950. The summed E-state index contributed by atoms with van der Waals surface area (Å²) in [5.41, 5.74) is 0.287. The molecule has 0 aromatic carbocycles. The summed E-state index contributed by atoms with van der Waals surface area (Å²) in [4.78, 5) is 17.2. The molecule has 0 saturated heterocycles. The highest BCUT2D eigenvalue weighted by atomic mass is 79.9. The third-order valence-corrected chi connectivity index (χ3v) is 3.44. The number of halogens is 1. The Bertz CT molecular complexity index is 516. The van der Waals surface area contributed by atoms with Gasteiger partial charge in [-0.15, -0.1) is 0 Å². The predicted molar refractivity (Wildman–Crippen MR) is 68.6 cm³/mol. The second kappa shape index (κ2) is 5.59. The zero-order chi connectivity index (χ0) is 13.1. The minimum atomic E-state index is -3.07. The van der Waals surface area contributed by atoms with E-state index in [1.807, 2.05) is 0 Å². The lowest BCUT2D eigenvalue weighted by Gasteiger charge is -2.15. The summed E-state index contributed by atoms with van der Waals surface area (Å²) in [7, 11) is -1.51. The van der Waals surface area contributed by atoms with Crippen molar-refractivity contribution in [2.75, 3.05) is 25.6 Å². The van der Waals surface area contributed by atoms with Crippen molar-refractivity contribution < 1.29 is 13.2 Å². The molecule has 0 spiro atoms. The van der Waals surface area contributed by atoms with Gasteiger partial charge in [0.25, 0.3) is 5.91 Å². The number of carbonyl (C=O) groups excluding carboxylic acids is 1.